The lowest BCUT2D eigenvalue weighted by Gasteiger charge is -2.20. The van der Waals surface area contributed by atoms with Crippen molar-refractivity contribution < 1.29 is 17.5 Å². The number of hydroxylamine groups is 2. The van der Waals surface area contributed by atoms with Crippen molar-refractivity contribution in [2.45, 2.75) is 13.0 Å². The molecule has 0 aliphatic carbocycles. The van der Waals surface area contributed by atoms with Gasteiger partial charge in [-0.3, -0.25) is 4.79 Å². The highest BCUT2D eigenvalue weighted by molar-refractivity contribution is 7.85. The Morgan fingerprint density at radius 1 is 0.955 bits per heavy atom. The summed E-state index contributed by atoms with van der Waals surface area (Å²) in [5, 5.41) is 0.887. The number of carbonyl (C=O) groups is 1. The van der Waals surface area contributed by atoms with Gasteiger partial charge in [0.1, 0.15) is 0 Å². The molecule has 0 aliphatic rings. The van der Waals surface area contributed by atoms with E-state index in [4.69, 9.17) is 4.28 Å². The molecule has 0 radical (unpaired) electrons. The Labute approximate surface area is 130 Å². The van der Waals surface area contributed by atoms with Crippen molar-refractivity contribution in [1.29, 1.82) is 0 Å². The van der Waals surface area contributed by atoms with Gasteiger partial charge >= 0.3 is 0 Å². The summed E-state index contributed by atoms with van der Waals surface area (Å²) in [6.45, 7) is 0.0690. The zero-order valence-electron chi connectivity index (χ0n) is 12.2. The summed E-state index contributed by atoms with van der Waals surface area (Å²) in [7, 11) is -3.78. The second-order valence-corrected chi connectivity index (χ2v) is 6.41. The molecule has 6 heteroatoms. The summed E-state index contributed by atoms with van der Waals surface area (Å²) in [4.78, 5) is 12.3. The number of rotatable bonds is 6. The Morgan fingerprint density at radius 3 is 1.95 bits per heavy atom. The van der Waals surface area contributed by atoms with Crippen LogP contribution in [0.4, 0.5) is 0 Å². The van der Waals surface area contributed by atoms with E-state index in [1.165, 1.54) is 0 Å². The van der Waals surface area contributed by atoms with Crippen molar-refractivity contribution >= 4 is 16.0 Å². The number of nitrogens with zero attached hydrogens (tertiary/aromatic N) is 1. The van der Waals surface area contributed by atoms with Crippen LogP contribution >= 0.6 is 0 Å². The molecule has 5 nitrogen and oxygen atoms in total. The maximum atomic E-state index is 12.3. The topological polar surface area (TPSA) is 63.7 Å². The van der Waals surface area contributed by atoms with E-state index in [0.29, 0.717) is 0 Å². The molecule has 0 heterocycles. The lowest BCUT2D eigenvalue weighted by atomic mass is 10.1. The summed E-state index contributed by atoms with van der Waals surface area (Å²) < 4.78 is 27.6. The number of carbonyl (C=O) groups excluding carboxylic acids is 1. The molecule has 116 valence electrons. The summed E-state index contributed by atoms with van der Waals surface area (Å²) >= 11 is 0. The van der Waals surface area contributed by atoms with E-state index < -0.39 is 16.0 Å². The van der Waals surface area contributed by atoms with Gasteiger partial charge in [0, 0.05) is 0 Å². The van der Waals surface area contributed by atoms with Gasteiger partial charge in [0.2, 0.25) is 0 Å². The number of hydrogen-bond donors (Lipinski definition) is 0. The van der Waals surface area contributed by atoms with E-state index in [9.17, 15) is 13.2 Å². The standard InChI is InChI=1S/C16H17NO4S/c1-22(19,20)21-17(13-15-10-6-3-7-11-15)16(18)12-14-8-4-2-5-9-14/h2-11H,12-13H2,1H3. The first-order valence-electron chi connectivity index (χ1n) is 6.72. The molecule has 2 aromatic rings. The molecule has 1 amide bonds. The Bertz CT molecular complexity index is 714. The maximum Gasteiger partial charge on any atom is 0.285 e. The summed E-state index contributed by atoms with van der Waals surface area (Å²) in [6, 6.07) is 18.2. The van der Waals surface area contributed by atoms with E-state index in [-0.39, 0.29) is 13.0 Å². The van der Waals surface area contributed by atoms with Crippen LogP contribution in [0, 0.1) is 0 Å². The van der Waals surface area contributed by atoms with Gasteiger partial charge in [-0.2, -0.15) is 13.5 Å². The Kier molecular flexibility index (Phi) is 5.30. The minimum absolute atomic E-state index is 0.0690. The van der Waals surface area contributed by atoms with Gasteiger partial charge < -0.3 is 0 Å². The van der Waals surface area contributed by atoms with Crippen LogP contribution in [-0.2, 0) is 32.2 Å². The van der Waals surface area contributed by atoms with Crippen LogP contribution < -0.4 is 0 Å². The number of hydrogen-bond acceptors (Lipinski definition) is 4. The monoisotopic (exact) mass is 319 g/mol. The van der Waals surface area contributed by atoms with Crippen LogP contribution in [0.25, 0.3) is 0 Å². The minimum Gasteiger partial charge on any atom is -0.272 e. The lowest BCUT2D eigenvalue weighted by molar-refractivity contribution is -0.157. The predicted molar refractivity (Wildman–Crippen MR) is 83.1 cm³/mol. The zero-order valence-corrected chi connectivity index (χ0v) is 13.0. The molecule has 0 spiro atoms. The molecule has 0 N–H and O–H groups in total. The molecule has 0 saturated heterocycles. The highest BCUT2D eigenvalue weighted by Gasteiger charge is 2.20. The lowest BCUT2D eigenvalue weighted by Crippen LogP contribution is -2.34. The van der Waals surface area contributed by atoms with Crippen LogP contribution in [0.3, 0.4) is 0 Å². The van der Waals surface area contributed by atoms with Crippen molar-refractivity contribution in [3.8, 4) is 0 Å². The van der Waals surface area contributed by atoms with Gasteiger partial charge in [0.15, 0.2) is 0 Å². The highest BCUT2D eigenvalue weighted by Crippen LogP contribution is 2.10. The molecule has 22 heavy (non-hydrogen) atoms. The fraction of sp³-hybridized carbons (Fsp3) is 0.188. The molecule has 0 aliphatic heterocycles. The minimum atomic E-state index is -3.78. The highest BCUT2D eigenvalue weighted by atomic mass is 32.2. The first-order chi connectivity index (χ1) is 10.4. The van der Waals surface area contributed by atoms with Crippen LogP contribution in [0.5, 0.6) is 0 Å². The molecule has 0 atom stereocenters. The number of benzene rings is 2. The molecule has 0 fully saturated rings. The predicted octanol–water partition coefficient (Wildman–Crippen LogP) is 2.15. The van der Waals surface area contributed by atoms with Crippen LogP contribution in [0.2, 0.25) is 0 Å². The van der Waals surface area contributed by atoms with Crippen molar-refractivity contribution in [2.24, 2.45) is 0 Å². The van der Waals surface area contributed by atoms with Gasteiger partial charge in [-0.25, -0.2) is 0 Å². The fourth-order valence-corrected chi connectivity index (χ4v) is 2.39. The molecule has 2 aromatic carbocycles. The normalized spacial score (nSPS) is 11.1. The molecule has 0 bridgehead atoms. The fourth-order valence-electron chi connectivity index (χ4n) is 1.93. The van der Waals surface area contributed by atoms with Gasteiger partial charge in [0.25, 0.3) is 16.0 Å². The zero-order chi connectivity index (χ0) is 16.0. The Hall–Kier alpha value is -2.18. The van der Waals surface area contributed by atoms with E-state index >= 15 is 0 Å². The molecular formula is C16H17NO4S. The summed E-state index contributed by atoms with van der Waals surface area (Å²) in [5.41, 5.74) is 1.58. The summed E-state index contributed by atoms with van der Waals surface area (Å²) in [5.74, 6) is -0.416. The largest absolute Gasteiger partial charge is 0.285 e. The molecular weight excluding hydrogens is 302 g/mol. The van der Waals surface area contributed by atoms with Crippen LogP contribution in [0.15, 0.2) is 60.7 Å². The second kappa shape index (κ2) is 7.20. The molecule has 2 rings (SSSR count). The smallest absolute Gasteiger partial charge is 0.272 e. The SMILES string of the molecule is CS(=O)(=O)ON(Cc1ccccc1)C(=O)Cc1ccccc1. The van der Waals surface area contributed by atoms with Crippen molar-refractivity contribution in [2.75, 3.05) is 6.26 Å². The van der Waals surface area contributed by atoms with E-state index in [1.54, 1.807) is 24.3 Å². The quantitative estimate of drug-likeness (QED) is 0.765. The maximum absolute atomic E-state index is 12.3. The third-order valence-electron chi connectivity index (χ3n) is 2.87. The Morgan fingerprint density at radius 2 is 1.45 bits per heavy atom. The van der Waals surface area contributed by atoms with E-state index in [0.717, 1.165) is 22.4 Å². The molecule has 0 unspecified atom stereocenters. The van der Waals surface area contributed by atoms with Gasteiger partial charge in [0.05, 0.1) is 19.2 Å². The third kappa shape index (κ3) is 5.31. The Balaban J connectivity index is 2.14. The van der Waals surface area contributed by atoms with Crippen molar-refractivity contribution in [3.63, 3.8) is 0 Å². The first-order valence-corrected chi connectivity index (χ1v) is 8.53. The van der Waals surface area contributed by atoms with Crippen LogP contribution in [0.1, 0.15) is 11.1 Å². The van der Waals surface area contributed by atoms with E-state index in [1.807, 2.05) is 36.4 Å². The van der Waals surface area contributed by atoms with Gasteiger partial charge in [-0.05, 0) is 11.1 Å². The average Bonchev–Trinajstić information content (AvgIpc) is 2.47. The number of amides is 1. The first kappa shape index (κ1) is 16.2. The van der Waals surface area contributed by atoms with Gasteiger partial charge in [-0.1, -0.05) is 60.7 Å². The third-order valence-corrected chi connectivity index (χ3v) is 3.32. The average molecular weight is 319 g/mol. The molecule has 0 saturated carbocycles. The van der Waals surface area contributed by atoms with Crippen molar-refractivity contribution in [3.05, 3.63) is 71.8 Å². The van der Waals surface area contributed by atoms with Crippen LogP contribution in [-0.4, -0.2) is 25.6 Å². The molecule has 0 aromatic heterocycles. The van der Waals surface area contributed by atoms with Gasteiger partial charge in [-0.15, -0.1) is 4.28 Å². The van der Waals surface area contributed by atoms with E-state index in [2.05, 4.69) is 0 Å². The summed E-state index contributed by atoms with van der Waals surface area (Å²) in [6.07, 6.45) is 0.990. The second-order valence-electron chi connectivity index (χ2n) is 4.86. The van der Waals surface area contributed by atoms with Crippen molar-refractivity contribution in [1.82, 2.24) is 5.06 Å².